The van der Waals surface area contributed by atoms with Crippen molar-refractivity contribution in [1.82, 2.24) is 25.4 Å². The zero-order chi connectivity index (χ0) is 17.9. The van der Waals surface area contributed by atoms with Gasteiger partial charge in [-0.1, -0.05) is 33.6 Å². The molecule has 6 nitrogen and oxygen atoms in total. The van der Waals surface area contributed by atoms with Crippen LogP contribution < -0.4 is 10.6 Å². The molecule has 1 unspecified atom stereocenters. The van der Waals surface area contributed by atoms with E-state index < -0.39 is 0 Å². The van der Waals surface area contributed by atoms with Crippen LogP contribution in [0.2, 0.25) is 0 Å². The maximum absolute atomic E-state index is 4.90. The Balaban J connectivity index is 1.62. The average Bonchev–Trinajstić information content (AvgIpc) is 3.19. The summed E-state index contributed by atoms with van der Waals surface area (Å²) in [5.41, 5.74) is 0.389. The number of nitrogens with zero attached hydrogens (tertiary/aromatic N) is 4. The van der Waals surface area contributed by atoms with Crippen molar-refractivity contribution in [2.24, 2.45) is 10.4 Å². The Morgan fingerprint density at radius 1 is 1.36 bits per heavy atom. The number of hydrogen-bond acceptors (Lipinski definition) is 3. The van der Waals surface area contributed by atoms with Gasteiger partial charge in [0.2, 0.25) is 0 Å². The van der Waals surface area contributed by atoms with Crippen LogP contribution >= 0.6 is 0 Å². The Bertz CT molecular complexity index is 597. The van der Waals surface area contributed by atoms with Gasteiger partial charge in [-0.25, -0.2) is 9.67 Å². The first kappa shape index (κ1) is 18.2. The topological polar surface area (TPSA) is 67.1 Å². The van der Waals surface area contributed by atoms with Crippen LogP contribution in [0.25, 0.3) is 0 Å². The quantitative estimate of drug-likeness (QED) is 0.635. The Morgan fingerprint density at radius 2 is 2.12 bits per heavy atom. The number of aryl methyl sites for hydroxylation is 1. The second-order valence-electron chi connectivity index (χ2n) is 8.32. The summed E-state index contributed by atoms with van der Waals surface area (Å²) in [6.07, 6.45) is 7.38. The molecular weight excluding hydrogens is 312 g/mol. The SMILES string of the molecule is CCNC(=NCC1(C)CCCC1)NC1CCc2nc(C(C)C)nn2C1. The molecule has 6 heteroatoms. The van der Waals surface area contributed by atoms with Crippen LogP contribution in [0.5, 0.6) is 0 Å². The molecule has 1 aromatic rings. The normalized spacial score (nSPS) is 22.9. The number of rotatable bonds is 5. The zero-order valence-electron chi connectivity index (χ0n) is 16.3. The minimum atomic E-state index is 0.364. The maximum Gasteiger partial charge on any atom is 0.191 e. The number of hydrogen-bond donors (Lipinski definition) is 2. The van der Waals surface area contributed by atoms with Crippen molar-refractivity contribution in [2.75, 3.05) is 13.1 Å². The van der Waals surface area contributed by atoms with E-state index in [1.54, 1.807) is 0 Å². The highest BCUT2D eigenvalue weighted by Crippen LogP contribution is 2.37. The third-order valence-corrected chi connectivity index (χ3v) is 5.51. The Kier molecular flexibility index (Phi) is 5.64. The molecule has 140 valence electrons. The van der Waals surface area contributed by atoms with Crippen LogP contribution in [0.3, 0.4) is 0 Å². The Labute approximate surface area is 151 Å². The number of guanidine groups is 1. The number of fused-ring (bicyclic) bond motifs is 1. The van der Waals surface area contributed by atoms with Gasteiger partial charge in [0.25, 0.3) is 0 Å². The molecule has 0 amide bonds. The first-order valence-corrected chi connectivity index (χ1v) is 9.97. The second-order valence-corrected chi connectivity index (χ2v) is 8.32. The molecule has 0 aromatic carbocycles. The molecule has 1 saturated carbocycles. The molecule has 3 rings (SSSR count). The van der Waals surface area contributed by atoms with Crippen LogP contribution in [-0.2, 0) is 13.0 Å². The third-order valence-electron chi connectivity index (χ3n) is 5.51. The van der Waals surface area contributed by atoms with Gasteiger partial charge >= 0.3 is 0 Å². The van der Waals surface area contributed by atoms with Crippen molar-refractivity contribution in [3.05, 3.63) is 11.6 Å². The molecule has 0 bridgehead atoms. The lowest BCUT2D eigenvalue weighted by atomic mass is 9.89. The van der Waals surface area contributed by atoms with Gasteiger partial charge in [-0.3, -0.25) is 4.99 Å². The summed E-state index contributed by atoms with van der Waals surface area (Å²) in [7, 11) is 0. The van der Waals surface area contributed by atoms with Crippen LogP contribution in [0, 0.1) is 5.41 Å². The fourth-order valence-corrected chi connectivity index (χ4v) is 3.86. The Morgan fingerprint density at radius 3 is 2.80 bits per heavy atom. The predicted octanol–water partition coefficient (Wildman–Crippen LogP) is 2.85. The van der Waals surface area contributed by atoms with Crippen molar-refractivity contribution in [1.29, 1.82) is 0 Å². The maximum atomic E-state index is 4.90. The van der Waals surface area contributed by atoms with E-state index in [0.29, 0.717) is 17.4 Å². The van der Waals surface area contributed by atoms with E-state index in [9.17, 15) is 0 Å². The number of aromatic nitrogens is 3. The lowest BCUT2D eigenvalue weighted by molar-refractivity contribution is 0.348. The molecule has 1 aliphatic carbocycles. The molecule has 2 N–H and O–H groups in total. The highest BCUT2D eigenvalue weighted by Gasteiger charge is 2.29. The molecule has 1 aliphatic heterocycles. The van der Waals surface area contributed by atoms with Crippen molar-refractivity contribution < 1.29 is 0 Å². The van der Waals surface area contributed by atoms with E-state index in [1.807, 2.05) is 0 Å². The minimum absolute atomic E-state index is 0.364. The highest BCUT2D eigenvalue weighted by molar-refractivity contribution is 5.80. The molecule has 2 aliphatic rings. The van der Waals surface area contributed by atoms with Crippen molar-refractivity contribution >= 4 is 5.96 Å². The van der Waals surface area contributed by atoms with Crippen molar-refractivity contribution in [3.8, 4) is 0 Å². The molecule has 1 aromatic heterocycles. The Hall–Kier alpha value is -1.59. The van der Waals surface area contributed by atoms with Crippen LogP contribution in [-0.4, -0.2) is 39.9 Å². The molecule has 0 radical (unpaired) electrons. The predicted molar refractivity (Wildman–Crippen MR) is 102 cm³/mol. The van der Waals surface area contributed by atoms with Gasteiger partial charge in [-0.15, -0.1) is 0 Å². The van der Waals surface area contributed by atoms with Gasteiger partial charge in [-0.05, 0) is 31.6 Å². The molecule has 2 heterocycles. The number of nitrogens with one attached hydrogen (secondary N) is 2. The minimum Gasteiger partial charge on any atom is -0.357 e. The zero-order valence-corrected chi connectivity index (χ0v) is 16.3. The van der Waals surface area contributed by atoms with Crippen molar-refractivity contribution in [2.45, 2.75) is 84.7 Å². The summed E-state index contributed by atoms with van der Waals surface area (Å²) < 4.78 is 2.08. The van der Waals surface area contributed by atoms with E-state index in [0.717, 1.165) is 50.1 Å². The molecule has 0 spiro atoms. The van der Waals surface area contributed by atoms with Gasteiger partial charge < -0.3 is 10.6 Å². The molecular formula is C19H34N6. The molecule has 0 saturated heterocycles. The molecule has 1 fully saturated rings. The lowest BCUT2D eigenvalue weighted by Crippen LogP contribution is -2.47. The third kappa shape index (κ3) is 4.53. The monoisotopic (exact) mass is 346 g/mol. The summed E-state index contributed by atoms with van der Waals surface area (Å²) in [6, 6.07) is 0.364. The van der Waals surface area contributed by atoms with E-state index >= 15 is 0 Å². The van der Waals surface area contributed by atoms with Crippen LogP contribution in [0.15, 0.2) is 4.99 Å². The standard InChI is InChI=1S/C19H34N6/c1-5-20-18(21-13-19(4)10-6-7-11-19)22-15-8-9-16-23-17(14(2)3)24-25(16)12-15/h14-15H,5-13H2,1-4H3,(H2,20,21,22). The van der Waals surface area contributed by atoms with Gasteiger partial charge in [0.05, 0.1) is 6.54 Å². The summed E-state index contributed by atoms with van der Waals surface area (Å²) in [6.45, 7) is 11.5. The molecule has 1 atom stereocenters. The summed E-state index contributed by atoms with van der Waals surface area (Å²) in [5, 5.41) is 11.7. The van der Waals surface area contributed by atoms with Crippen LogP contribution in [0.4, 0.5) is 0 Å². The van der Waals surface area contributed by atoms with Crippen LogP contribution in [0.1, 0.15) is 77.4 Å². The first-order chi connectivity index (χ1) is 12.0. The van der Waals surface area contributed by atoms with Gasteiger partial charge in [0, 0.05) is 31.5 Å². The highest BCUT2D eigenvalue weighted by atomic mass is 15.4. The summed E-state index contributed by atoms with van der Waals surface area (Å²) in [5.74, 6) is 3.43. The van der Waals surface area contributed by atoms with E-state index in [4.69, 9.17) is 4.99 Å². The smallest absolute Gasteiger partial charge is 0.191 e. The van der Waals surface area contributed by atoms with Gasteiger partial charge in [-0.2, -0.15) is 5.10 Å². The van der Waals surface area contributed by atoms with E-state index in [1.165, 1.54) is 25.7 Å². The fourth-order valence-electron chi connectivity index (χ4n) is 3.86. The lowest BCUT2D eigenvalue weighted by Gasteiger charge is -2.26. The van der Waals surface area contributed by atoms with Crippen molar-refractivity contribution in [3.63, 3.8) is 0 Å². The fraction of sp³-hybridized carbons (Fsp3) is 0.842. The first-order valence-electron chi connectivity index (χ1n) is 9.97. The molecule has 25 heavy (non-hydrogen) atoms. The second kappa shape index (κ2) is 7.75. The van der Waals surface area contributed by atoms with Gasteiger partial charge in [0.1, 0.15) is 5.82 Å². The average molecular weight is 347 g/mol. The van der Waals surface area contributed by atoms with Gasteiger partial charge in [0.15, 0.2) is 11.8 Å². The largest absolute Gasteiger partial charge is 0.357 e. The van der Waals surface area contributed by atoms with E-state index in [2.05, 4.69) is 53.1 Å². The summed E-state index contributed by atoms with van der Waals surface area (Å²) in [4.78, 5) is 9.58. The van der Waals surface area contributed by atoms with E-state index in [-0.39, 0.29) is 0 Å². The number of aliphatic imine (C=N–C) groups is 1. The summed E-state index contributed by atoms with van der Waals surface area (Å²) >= 11 is 0.